The van der Waals surface area contributed by atoms with E-state index in [0.717, 1.165) is 18.7 Å². The van der Waals surface area contributed by atoms with E-state index in [1.54, 1.807) is 0 Å². The van der Waals surface area contributed by atoms with Crippen molar-refractivity contribution in [2.24, 2.45) is 0 Å². The van der Waals surface area contributed by atoms with E-state index in [1.807, 2.05) is 17.0 Å². The molecule has 0 saturated carbocycles. The van der Waals surface area contributed by atoms with Gasteiger partial charge in [0, 0.05) is 34.8 Å². The topological polar surface area (TPSA) is 20.3 Å². The zero-order valence-electron chi connectivity index (χ0n) is 15.7. The highest BCUT2D eigenvalue weighted by molar-refractivity contribution is 6.96. The zero-order valence-corrected chi connectivity index (χ0v) is 17.7. The summed E-state index contributed by atoms with van der Waals surface area (Å²) in [6.07, 6.45) is 0. The van der Waals surface area contributed by atoms with E-state index in [-0.39, 0.29) is 5.91 Å². The van der Waals surface area contributed by atoms with Gasteiger partial charge in [-0.05, 0) is 30.6 Å². The molecule has 0 N–H and O–H groups in total. The SMILES string of the molecule is CCN(CC)C(=O)c1ccccc1C([Si](C)(C)C)[Si](C)(C)C. The highest BCUT2D eigenvalue weighted by Crippen LogP contribution is 2.37. The fourth-order valence-corrected chi connectivity index (χ4v) is 16.6. The van der Waals surface area contributed by atoms with Gasteiger partial charge in [0.2, 0.25) is 0 Å². The van der Waals surface area contributed by atoms with Crippen molar-refractivity contribution in [3.63, 3.8) is 0 Å². The molecular formula is C18H33NOSi2. The van der Waals surface area contributed by atoms with Gasteiger partial charge in [-0.1, -0.05) is 57.5 Å². The molecule has 0 aliphatic heterocycles. The molecule has 0 unspecified atom stereocenters. The van der Waals surface area contributed by atoms with Gasteiger partial charge in [0.15, 0.2) is 0 Å². The van der Waals surface area contributed by atoms with Crippen molar-refractivity contribution < 1.29 is 4.79 Å². The first kappa shape index (κ1) is 19.2. The minimum Gasteiger partial charge on any atom is -0.339 e. The third-order valence-electron chi connectivity index (χ3n) is 4.28. The summed E-state index contributed by atoms with van der Waals surface area (Å²) in [6, 6.07) is 8.34. The number of hydrogen-bond donors (Lipinski definition) is 0. The molecule has 124 valence electrons. The molecule has 0 aromatic heterocycles. The number of hydrogen-bond acceptors (Lipinski definition) is 1. The number of carbonyl (C=O) groups is 1. The van der Waals surface area contributed by atoms with E-state index >= 15 is 0 Å². The molecule has 0 aliphatic rings. The molecule has 0 heterocycles. The van der Waals surface area contributed by atoms with Crippen LogP contribution in [0.2, 0.25) is 39.3 Å². The standard InChI is InChI=1S/C18H33NOSi2/c1-9-19(10-2)17(20)15-13-11-12-14-16(15)18(21(3,4)5)22(6,7)8/h11-14,18H,9-10H2,1-8H3. The van der Waals surface area contributed by atoms with Gasteiger partial charge in [0.25, 0.3) is 5.91 Å². The average Bonchev–Trinajstić information content (AvgIpc) is 2.37. The third-order valence-corrected chi connectivity index (χ3v) is 13.6. The number of carbonyl (C=O) groups excluding carboxylic acids is 1. The lowest BCUT2D eigenvalue weighted by atomic mass is 10.1. The quantitative estimate of drug-likeness (QED) is 0.669. The van der Waals surface area contributed by atoms with Crippen LogP contribution >= 0.6 is 0 Å². The van der Waals surface area contributed by atoms with Gasteiger partial charge in [-0.15, -0.1) is 0 Å². The normalized spacial score (nSPS) is 12.6. The Morgan fingerprint density at radius 2 is 1.41 bits per heavy atom. The second-order valence-electron chi connectivity index (χ2n) is 8.23. The fourth-order valence-electron chi connectivity index (χ4n) is 3.86. The second-order valence-corrected chi connectivity index (χ2v) is 19.4. The van der Waals surface area contributed by atoms with Crippen LogP contribution in [0, 0.1) is 0 Å². The van der Waals surface area contributed by atoms with Crippen molar-refractivity contribution in [1.29, 1.82) is 0 Å². The predicted molar refractivity (Wildman–Crippen MR) is 103 cm³/mol. The number of nitrogens with zero attached hydrogens (tertiary/aromatic N) is 1. The summed E-state index contributed by atoms with van der Waals surface area (Å²) in [5.41, 5.74) is 2.23. The van der Waals surface area contributed by atoms with Crippen molar-refractivity contribution >= 4 is 22.1 Å². The number of benzene rings is 1. The summed E-state index contributed by atoms with van der Waals surface area (Å²) >= 11 is 0. The van der Waals surface area contributed by atoms with Crippen molar-refractivity contribution in [2.75, 3.05) is 13.1 Å². The molecule has 1 amide bonds. The van der Waals surface area contributed by atoms with Crippen LogP contribution in [0.3, 0.4) is 0 Å². The van der Waals surface area contributed by atoms with Gasteiger partial charge in [-0.3, -0.25) is 4.79 Å². The summed E-state index contributed by atoms with van der Waals surface area (Å²) in [5, 5.41) is 0.593. The third kappa shape index (κ3) is 4.32. The molecule has 1 aromatic rings. The van der Waals surface area contributed by atoms with Crippen LogP contribution in [-0.4, -0.2) is 40.0 Å². The zero-order chi connectivity index (χ0) is 17.1. The monoisotopic (exact) mass is 335 g/mol. The lowest BCUT2D eigenvalue weighted by molar-refractivity contribution is 0.0772. The van der Waals surface area contributed by atoms with Crippen LogP contribution in [-0.2, 0) is 0 Å². The molecule has 2 nitrogen and oxygen atoms in total. The number of amides is 1. The van der Waals surface area contributed by atoms with Crippen molar-refractivity contribution in [3.05, 3.63) is 35.4 Å². The molecular weight excluding hydrogens is 302 g/mol. The van der Waals surface area contributed by atoms with Crippen LogP contribution in [0.1, 0.15) is 34.9 Å². The highest BCUT2D eigenvalue weighted by Gasteiger charge is 2.40. The lowest BCUT2D eigenvalue weighted by Gasteiger charge is -2.40. The molecule has 22 heavy (non-hydrogen) atoms. The van der Waals surface area contributed by atoms with Gasteiger partial charge >= 0.3 is 0 Å². The summed E-state index contributed by atoms with van der Waals surface area (Å²) in [6.45, 7) is 20.3. The van der Waals surface area contributed by atoms with Gasteiger partial charge in [-0.2, -0.15) is 0 Å². The van der Waals surface area contributed by atoms with Gasteiger partial charge < -0.3 is 4.90 Å². The van der Waals surface area contributed by atoms with Gasteiger partial charge in [-0.25, -0.2) is 0 Å². The van der Waals surface area contributed by atoms with E-state index in [4.69, 9.17) is 0 Å². The minimum atomic E-state index is -1.40. The molecule has 0 bridgehead atoms. The Hall–Kier alpha value is -0.876. The summed E-state index contributed by atoms with van der Waals surface area (Å²) < 4.78 is 0. The molecule has 1 rings (SSSR count). The second kappa shape index (κ2) is 7.13. The predicted octanol–water partition coefficient (Wildman–Crippen LogP) is 5.01. The van der Waals surface area contributed by atoms with Crippen LogP contribution in [0.25, 0.3) is 0 Å². The van der Waals surface area contributed by atoms with Crippen LogP contribution in [0.4, 0.5) is 0 Å². The largest absolute Gasteiger partial charge is 0.339 e. The van der Waals surface area contributed by atoms with E-state index in [2.05, 4.69) is 65.3 Å². The minimum absolute atomic E-state index is 0.196. The highest BCUT2D eigenvalue weighted by atomic mass is 28.4. The molecule has 0 aliphatic carbocycles. The fraction of sp³-hybridized carbons (Fsp3) is 0.611. The molecule has 0 atom stereocenters. The molecule has 1 aromatic carbocycles. The van der Waals surface area contributed by atoms with E-state index < -0.39 is 16.1 Å². The van der Waals surface area contributed by atoms with E-state index in [9.17, 15) is 4.79 Å². The Morgan fingerprint density at radius 3 is 1.82 bits per heavy atom. The first-order chi connectivity index (χ1) is 10.0. The maximum Gasteiger partial charge on any atom is 0.254 e. The van der Waals surface area contributed by atoms with Crippen molar-refractivity contribution in [3.8, 4) is 0 Å². The first-order valence-electron chi connectivity index (χ1n) is 8.42. The molecule has 0 radical (unpaired) electrons. The lowest BCUT2D eigenvalue weighted by Crippen LogP contribution is -2.47. The maximum atomic E-state index is 12.9. The Balaban J connectivity index is 3.45. The molecule has 0 spiro atoms. The smallest absolute Gasteiger partial charge is 0.254 e. The first-order valence-corrected chi connectivity index (χ1v) is 15.6. The van der Waals surface area contributed by atoms with Crippen molar-refractivity contribution in [1.82, 2.24) is 4.90 Å². The number of rotatable bonds is 6. The summed E-state index contributed by atoms with van der Waals surface area (Å²) in [7, 11) is -2.81. The average molecular weight is 336 g/mol. The summed E-state index contributed by atoms with van der Waals surface area (Å²) in [4.78, 5) is 14.9. The van der Waals surface area contributed by atoms with Crippen LogP contribution in [0.5, 0.6) is 0 Å². The van der Waals surface area contributed by atoms with Gasteiger partial charge in [0.1, 0.15) is 0 Å². The Morgan fingerprint density at radius 1 is 0.955 bits per heavy atom. The molecule has 4 heteroatoms. The Bertz CT molecular complexity index is 497. The Labute approximate surface area is 138 Å². The van der Waals surface area contributed by atoms with E-state index in [0.29, 0.717) is 5.16 Å². The van der Waals surface area contributed by atoms with Crippen molar-refractivity contribution in [2.45, 2.75) is 58.3 Å². The molecule has 0 saturated heterocycles. The maximum absolute atomic E-state index is 12.9. The van der Waals surface area contributed by atoms with E-state index in [1.165, 1.54) is 5.56 Å². The summed E-state index contributed by atoms with van der Waals surface area (Å²) in [5.74, 6) is 0.196. The molecule has 0 fully saturated rings. The van der Waals surface area contributed by atoms with Crippen LogP contribution in [0.15, 0.2) is 24.3 Å². The Kier molecular flexibility index (Phi) is 6.21. The van der Waals surface area contributed by atoms with Gasteiger partial charge in [0.05, 0.1) is 0 Å². The van der Waals surface area contributed by atoms with Crippen LogP contribution < -0.4 is 0 Å².